The number of aliphatic hydroxyl groups excluding tert-OH is 1. The van der Waals surface area contributed by atoms with Gasteiger partial charge in [0.15, 0.2) is 0 Å². The van der Waals surface area contributed by atoms with Crippen LogP contribution in [0, 0.1) is 6.92 Å². The van der Waals surface area contributed by atoms with E-state index >= 15 is 0 Å². The number of aryl methyl sites for hydroxylation is 1. The molecule has 1 saturated carbocycles. The van der Waals surface area contributed by atoms with Gasteiger partial charge in [0.05, 0.1) is 30.0 Å². The summed E-state index contributed by atoms with van der Waals surface area (Å²) in [5, 5.41) is 9.84. The Hall–Kier alpha value is -0.810. The number of β-amino-alcohol motifs (C(OH)–C–C–N with tert-alkyl or cyclic N) is 1. The number of methoxy groups -OCH3 is 1. The van der Waals surface area contributed by atoms with Crippen LogP contribution >= 0.6 is 12.4 Å². The molecule has 1 N–H and O–H groups in total. The minimum Gasteiger partial charge on any atom is -0.496 e. The Morgan fingerprint density at radius 3 is 2.88 bits per heavy atom. The third kappa shape index (κ3) is 5.33. The molecule has 5 heteroatoms. The molecule has 1 saturated heterocycles. The summed E-state index contributed by atoms with van der Waals surface area (Å²) in [7, 11) is -2.44. The molecule has 0 bridgehead atoms. The van der Waals surface area contributed by atoms with Crippen LogP contribution in [0.15, 0.2) is 18.2 Å². The Labute approximate surface area is 162 Å². The van der Waals surface area contributed by atoms with Gasteiger partial charge in [-0.2, -0.15) is 0 Å². The highest BCUT2D eigenvalue weighted by atomic mass is 35.5. The van der Waals surface area contributed by atoms with Gasteiger partial charge in [-0.05, 0) is 49.8 Å². The molecule has 142 valence electrons. The largest absolute Gasteiger partial charge is 0.496 e. The van der Waals surface area contributed by atoms with Crippen molar-refractivity contribution in [2.45, 2.75) is 63.7 Å². The molecular weight excluding hydrogens is 338 g/mol. The highest BCUT2D eigenvalue weighted by Crippen LogP contribution is 2.28. The molecule has 0 amide bonds. The number of benzene rings is 1. The maximum Gasteiger partial charge on any atom is 0.122 e. The second-order valence-electron chi connectivity index (χ2n) is 7.15. The lowest BCUT2D eigenvalue weighted by molar-refractivity contribution is -0.0316. The van der Waals surface area contributed by atoms with E-state index in [1.54, 1.807) is 6.07 Å². The van der Waals surface area contributed by atoms with E-state index in [4.69, 9.17) is 13.6 Å². The maximum atomic E-state index is 9.84. The Morgan fingerprint density at radius 2 is 2.12 bits per heavy atom. The van der Waals surface area contributed by atoms with Gasteiger partial charge in [0.1, 0.15) is 5.75 Å². The predicted octanol–water partition coefficient (Wildman–Crippen LogP) is 3.36. The Balaban J connectivity index is 0.00000280. The van der Waals surface area contributed by atoms with Gasteiger partial charge in [-0.3, -0.25) is 4.90 Å². The fourth-order valence-corrected chi connectivity index (χ4v) is 4.00. The van der Waals surface area contributed by atoms with Crippen molar-refractivity contribution < 1.29 is 18.7 Å². The smallest absolute Gasteiger partial charge is 0.122 e. The summed E-state index contributed by atoms with van der Waals surface area (Å²) >= 11 is 0. The molecule has 1 unspecified atom stereocenters. The van der Waals surface area contributed by atoms with Crippen LogP contribution in [0.25, 0.3) is 0 Å². The van der Waals surface area contributed by atoms with Crippen molar-refractivity contribution in [3.8, 4) is 5.75 Å². The molecule has 0 aromatic heterocycles. The zero-order valence-corrected chi connectivity index (χ0v) is 15.8. The van der Waals surface area contributed by atoms with Gasteiger partial charge < -0.3 is 14.6 Å². The van der Waals surface area contributed by atoms with Crippen LogP contribution in [-0.4, -0.2) is 55.0 Å². The molecule has 3 rings (SSSR count). The number of rotatable bonds is 6. The summed E-state index contributed by atoms with van der Waals surface area (Å²) < 4.78 is 33.2. The Morgan fingerprint density at radius 1 is 1.28 bits per heavy atom. The van der Waals surface area contributed by atoms with Crippen molar-refractivity contribution >= 4 is 12.4 Å². The van der Waals surface area contributed by atoms with Gasteiger partial charge >= 0.3 is 0 Å². The van der Waals surface area contributed by atoms with E-state index in [2.05, 4.69) is 4.90 Å². The molecule has 1 aliphatic carbocycles. The van der Waals surface area contributed by atoms with Crippen LogP contribution in [0.4, 0.5) is 0 Å². The summed E-state index contributed by atoms with van der Waals surface area (Å²) in [5.41, 5.74) is 1.83. The maximum absolute atomic E-state index is 9.84. The SMILES string of the molecule is Cl.[2H]C([2H])([2H])Oc1cc(CCO[C@H]2CCCCC2N2CC[C@@H](O)C2)ccc1C. The van der Waals surface area contributed by atoms with E-state index in [-0.39, 0.29) is 24.6 Å². The van der Waals surface area contributed by atoms with E-state index in [0.717, 1.165) is 49.9 Å². The molecule has 25 heavy (non-hydrogen) atoms. The van der Waals surface area contributed by atoms with E-state index in [9.17, 15) is 5.11 Å². The average Bonchev–Trinajstić information content (AvgIpc) is 3.03. The summed E-state index contributed by atoms with van der Waals surface area (Å²) in [6.07, 6.45) is 6.23. The first-order valence-electron chi connectivity index (χ1n) is 10.6. The van der Waals surface area contributed by atoms with Crippen LogP contribution < -0.4 is 4.74 Å². The second kappa shape index (κ2) is 9.77. The van der Waals surface area contributed by atoms with Gasteiger partial charge in [-0.15, -0.1) is 12.4 Å². The standard InChI is InChI=1S/C20H31NO3.ClH/c1-15-7-8-16(13-20(15)23-2)10-12-24-19-6-4-3-5-18(19)21-11-9-17(22)14-21;/h7-8,13,17-19,22H,3-6,9-12,14H2,1-2H3;1H/t17-,18?,19+;/m1./s1/i2D3;. The number of aliphatic hydroxyl groups is 1. The van der Waals surface area contributed by atoms with E-state index in [1.165, 1.54) is 12.8 Å². The van der Waals surface area contributed by atoms with Crippen LogP contribution in [-0.2, 0) is 11.2 Å². The lowest BCUT2D eigenvalue weighted by atomic mass is 9.91. The van der Waals surface area contributed by atoms with Crippen LogP contribution in [0.1, 0.15) is 47.3 Å². The van der Waals surface area contributed by atoms with Gasteiger partial charge in [-0.25, -0.2) is 0 Å². The monoisotopic (exact) mass is 372 g/mol. The number of likely N-dealkylation sites (tertiary alicyclic amines) is 1. The lowest BCUT2D eigenvalue weighted by Crippen LogP contribution is -2.46. The molecule has 1 aromatic rings. The molecule has 1 aromatic carbocycles. The molecular formula is C20H32ClNO3. The minimum absolute atomic E-state index is 0. The molecule has 0 spiro atoms. The molecule has 4 nitrogen and oxygen atoms in total. The predicted molar refractivity (Wildman–Crippen MR) is 103 cm³/mol. The van der Waals surface area contributed by atoms with E-state index < -0.39 is 7.04 Å². The fraction of sp³-hybridized carbons (Fsp3) is 0.700. The van der Waals surface area contributed by atoms with Crippen molar-refractivity contribution in [3.63, 3.8) is 0 Å². The molecule has 0 radical (unpaired) electrons. The number of nitrogens with zero attached hydrogens (tertiary/aromatic N) is 1. The van der Waals surface area contributed by atoms with Gasteiger partial charge in [0.25, 0.3) is 0 Å². The first-order valence-corrected chi connectivity index (χ1v) is 9.14. The minimum atomic E-state index is -2.44. The van der Waals surface area contributed by atoms with Crippen molar-refractivity contribution in [1.82, 2.24) is 4.90 Å². The van der Waals surface area contributed by atoms with Crippen molar-refractivity contribution in [1.29, 1.82) is 0 Å². The summed E-state index contributed by atoms with van der Waals surface area (Å²) in [4.78, 5) is 2.39. The number of ether oxygens (including phenoxy) is 2. The molecule has 2 aliphatic rings. The average molecular weight is 373 g/mol. The second-order valence-corrected chi connectivity index (χ2v) is 7.15. The Kier molecular flexibility index (Phi) is 6.40. The van der Waals surface area contributed by atoms with Gasteiger partial charge in [0, 0.05) is 19.1 Å². The number of hydrogen-bond acceptors (Lipinski definition) is 4. The van der Waals surface area contributed by atoms with Crippen LogP contribution in [0.3, 0.4) is 0 Å². The quantitative estimate of drug-likeness (QED) is 0.831. The molecule has 1 heterocycles. The van der Waals surface area contributed by atoms with Crippen molar-refractivity contribution in [2.24, 2.45) is 0 Å². The topological polar surface area (TPSA) is 41.9 Å². The van der Waals surface area contributed by atoms with E-state index in [0.29, 0.717) is 18.4 Å². The first-order chi connectivity index (χ1) is 12.8. The van der Waals surface area contributed by atoms with Crippen molar-refractivity contribution in [2.75, 3.05) is 26.7 Å². The normalized spacial score (nSPS) is 29.4. The third-order valence-electron chi connectivity index (χ3n) is 5.42. The molecule has 3 atom stereocenters. The summed E-state index contributed by atoms with van der Waals surface area (Å²) in [5.74, 6) is 0.411. The third-order valence-corrected chi connectivity index (χ3v) is 5.42. The zero-order chi connectivity index (χ0) is 19.4. The van der Waals surface area contributed by atoms with Gasteiger partial charge in [0.2, 0.25) is 0 Å². The first kappa shape index (κ1) is 16.4. The van der Waals surface area contributed by atoms with Crippen molar-refractivity contribution in [3.05, 3.63) is 29.3 Å². The van der Waals surface area contributed by atoms with Crippen LogP contribution in [0.2, 0.25) is 0 Å². The highest BCUT2D eigenvalue weighted by Gasteiger charge is 2.34. The zero-order valence-electron chi connectivity index (χ0n) is 17.9. The van der Waals surface area contributed by atoms with Crippen LogP contribution in [0.5, 0.6) is 5.75 Å². The molecule has 1 aliphatic heterocycles. The molecule has 2 fully saturated rings. The summed E-state index contributed by atoms with van der Waals surface area (Å²) in [6, 6.07) is 6.11. The summed E-state index contributed by atoms with van der Waals surface area (Å²) in [6.45, 7) is 4.17. The lowest BCUT2D eigenvalue weighted by Gasteiger charge is -2.37. The number of hydrogen-bond donors (Lipinski definition) is 1. The Bertz CT molecular complexity index is 629. The highest BCUT2D eigenvalue weighted by molar-refractivity contribution is 5.85. The number of halogens is 1. The fourth-order valence-electron chi connectivity index (χ4n) is 4.00. The van der Waals surface area contributed by atoms with E-state index in [1.807, 2.05) is 19.1 Å². The van der Waals surface area contributed by atoms with Gasteiger partial charge in [-0.1, -0.05) is 25.0 Å².